The minimum Gasteiger partial charge on any atom is -0.465 e. The molecule has 1 aliphatic heterocycles. The van der Waals surface area contributed by atoms with E-state index in [0.717, 1.165) is 53.8 Å². The van der Waals surface area contributed by atoms with Gasteiger partial charge >= 0.3 is 11.8 Å². The number of nitrogens with zero attached hydrogens (tertiary/aromatic N) is 4. The van der Waals surface area contributed by atoms with Gasteiger partial charge in [-0.3, -0.25) is 9.13 Å². The largest absolute Gasteiger partial charge is 0.465 e. The number of pyridine rings is 1. The van der Waals surface area contributed by atoms with Crippen LogP contribution in [0.5, 0.6) is 5.88 Å². The summed E-state index contributed by atoms with van der Waals surface area (Å²) < 4.78 is 15.1. The number of aromatic nitrogens is 3. The molecule has 0 aliphatic carbocycles. The fourth-order valence-electron chi connectivity index (χ4n) is 5.99. The molecule has 1 fully saturated rings. The Hall–Kier alpha value is -5.05. The van der Waals surface area contributed by atoms with Crippen LogP contribution in [0.25, 0.3) is 16.7 Å². The van der Waals surface area contributed by atoms with E-state index in [4.69, 9.17) is 9.47 Å². The molecule has 3 aromatic carbocycles. The first-order valence-electron chi connectivity index (χ1n) is 15.8. The van der Waals surface area contributed by atoms with Crippen LogP contribution in [0.2, 0.25) is 0 Å². The predicted octanol–water partition coefficient (Wildman–Crippen LogP) is 6.63. The topological polar surface area (TPSA) is 90.6 Å². The van der Waals surface area contributed by atoms with Crippen molar-refractivity contribution in [3.63, 3.8) is 0 Å². The average molecular weight is 620 g/mol. The normalized spacial score (nSPS) is 14.1. The molecule has 6 rings (SSSR count). The molecule has 0 unspecified atom stereocenters. The van der Waals surface area contributed by atoms with E-state index in [-0.39, 0.29) is 17.9 Å². The summed E-state index contributed by atoms with van der Waals surface area (Å²) in [6.45, 7) is 7.95. The predicted molar refractivity (Wildman–Crippen MR) is 181 cm³/mol. The van der Waals surface area contributed by atoms with Crippen LogP contribution in [-0.4, -0.2) is 45.4 Å². The molecule has 1 aliphatic rings. The second-order valence-electron chi connectivity index (χ2n) is 12.8. The molecule has 0 atom stereocenters. The molecule has 0 radical (unpaired) electrons. The SMILES string of the molecule is Cn1c(=O)n(-c2ccc(OC(c3ccccc3)c3ccccc3)nc2)c2ccc(N3CCC(CNC(=O)OC(C)(C)C)CC3)cc21. The quantitative estimate of drug-likeness (QED) is 0.210. The Morgan fingerprint density at radius 3 is 2.11 bits per heavy atom. The van der Waals surface area contributed by atoms with Gasteiger partial charge in [0.05, 0.1) is 22.9 Å². The van der Waals surface area contributed by atoms with Crippen molar-refractivity contribution in [3.05, 3.63) is 119 Å². The first-order valence-corrected chi connectivity index (χ1v) is 15.8. The van der Waals surface area contributed by atoms with E-state index in [1.807, 2.05) is 99.6 Å². The Morgan fingerprint density at radius 1 is 0.891 bits per heavy atom. The third-order valence-corrected chi connectivity index (χ3v) is 8.38. The van der Waals surface area contributed by atoms with E-state index in [1.54, 1.807) is 22.4 Å². The maximum absolute atomic E-state index is 13.5. The minimum atomic E-state index is -0.506. The zero-order chi connectivity index (χ0) is 32.3. The lowest BCUT2D eigenvalue weighted by atomic mass is 9.96. The van der Waals surface area contributed by atoms with Crippen molar-refractivity contribution in [1.82, 2.24) is 19.4 Å². The number of amides is 1. The molecule has 1 amide bonds. The van der Waals surface area contributed by atoms with Gasteiger partial charge < -0.3 is 19.7 Å². The number of hydrogen-bond acceptors (Lipinski definition) is 6. The summed E-state index contributed by atoms with van der Waals surface area (Å²) in [5.74, 6) is 0.870. The summed E-state index contributed by atoms with van der Waals surface area (Å²) in [6.07, 6.45) is 2.93. The van der Waals surface area contributed by atoms with Gasteiger partial charge in [-0.15, -0.1) is 0 Å². The number of nitrogens with one attached hydrogen (secondary N) is 1. The zero-order valence-electron chi connectivity index (χ0n) is 26.8. The van der Waals surface area contributed by atoms with Gasteiger partial charge in [-0.05, 0) is 74.9 Å². The third kappa shape index (κ3) is 6.93. The van der Waals surface area contributed by atoms with Gasteiger partial charge in [-0.25, -0.2) is 14.6 Å². The molecule has 0 bridgehead atoms. The number of benzene rings is 3. The lowest BCUT2D eigenvalue weighted by molar-refractivity contribution is 0.0516. The third-order valence-electron chi connectivity index (χ3n) is 8.38. The Balaban J connectivity index is 1.16. The summed E-state index contributed by atoms with van der Waals surface area (Å²) in [4.78, 5) is 32.5. The number of rotatable bonds is 8. The van der Waals surface area contributed by atoms with E-state index in [9.17, 15) is 9.59 Å². The molecule has 5 aromatic rings. The Morgan fingerprint density at radius 2 is 1.52 bits per heavy atom. The molecule has 0 spiro atoms. The van der Waals surface area contributed by atoms with E-state index in [1.165, 1.54) is 0 Å². The van der Waals surface area contributed by atoms with Gasteiger partial charge in [-0.2, -0.15) is 0 Å². The Kier molecular flexibility index (Phi) is 8.83. The van der Waals surface area contributed by atoms with Crippen molar-refractivity contribution < 1.29 is 14.3 Å². The zero-order valence-corrected chi connectivity index (χ0v) is 26.8. The molecule has 1 N–H and O–H groups in total. The molecular weight excluding hydrogens is 578 g/mol. The number of carbonyl (C=O) groups is 1. The minimum absolute atomic E-state index is 0.138. The van der Waals surface area contributed by atoms with Gasteiger partial charge in [0.1, 0.15) is 5.60 Å². The highest BCUT2D eigenvalue weighted by molar-refractivity contribution is 5.82. The maximum atomic E-state index is 13.5. The molecule has 46 heavy (non-hydrogen) atoms. The van der Waals surface area contributed by atoms with E-state index >= 15 is 0 Å². The fourth-order valence-corrected chi connectivity index (χ4v) is 5.99. The van der Waals surface area contributed by atoms with Crippen molar-refractivity contribution in [2.24, 2.45) is 13.0 Å². The molecular formula is C37H41N5O4. The summed E-state index contributed by atoms with van der Waals surface area (Å²) >= 11 is 0. The van der Waals surface area contributed by atoms with E-state index in [2.05, 4.69) is 27.3 Å². The maximum Gasteiger partial charge on any atom is 0.407 e. The van der Waals surface area contributed by atoms with Crippen molar-refractivity contribution in [2.75, 3.05) is 24.5 Å². The number of ether oxygens (including phenoxy) is 2. The summed E-state index contributed by atoms with van der Waals surface area (Å²) in [7, 11) is 1.80. The standard InChI is InChI=1S/C37H41N5O4/c1-37(2,3)46-35(43)39-24-26-19-21-41(22-20-26)29-15-17-31-32(23-29)40(4)36(44)42(31)30-16-18-33(38-25-30)45-34(27-11-7-5-8-12-27)28-13-9-6-10-14-28/h5-18,23,25-26,34H,19-22,24H2,1-4H3,(H,39,43). The number of aryl methyl sites for hydroxylation is 1. The summed E-state index contributed by atoms with van der Waals surface area (Å²) in [5.41, 5.74) is 4.83. The lowest BCUT2D eigenvalue weighted by Crippen LogP contribution is -2.40. The van der Waals surface area contributed by atoms with Gasteiger partial charge in [0, 0.05) is 38.4 Å². The van der Waals surface area contributed by atoms with Crippen LogP contribution >= 0.6 is 0 Å². The van der Waals surface area contributed by atoms with Crippen LogP contribution in [0.15, 0.2) is 102 Å². The highest BCUT2D eigenvalue weighted by atomic mass is 16.6. The average Bonchev–Trinajstić information content (AvgIpc) is 3.31. The van der Waals surface area contributed by atoms with Crippen molar-refractivity contribution in [2.45, 2.75) is 45.3 Å². The second-order valence-corrected chi connectivity index (χ2v) is 12.8. The highest BCUT2D eigenvalue weighted by Crippen LogP contribution is 2.30. The molecule has 9 heteroatoms. The molecule has 1 saturated heterocycles. The first kappa shape index (κ1) is 31.0. The molecule has 3 heterocycles. The van der Waals surface area contributed by atoms with Crippen molar-refractivity contribution in [3.8, 4) is 11.6 Å². The van der Waals surface area contributed by atoms with Crippen LogP contribution in [0.3, 0.4) is 0 Å². The van der Waals surface area contributed by atoms with Crippen LogP contribution in [0.1, 0.15) is 50.8 Å². The van der Waals surface area contributed by atoms with Crippen LogP contribution in [0.4, 0.5) is 10.5 Å². The molecule has 0 saturated carbocycles. The van der Waals surface area contributed by atoms with E-state index in [0.29, 0.717) is 24.0 Å². The van der Waals surface area contributed by atoms with Crippen LogP contribution in [-0.2, 0) is 11.8 Å². The van der Waals surface area contributed by atoms with Crippen LogP contribution in [0, 0.1) is 5.92 Å². The number of anilines is 1. The molecule has 238 valence electrons. The van der Waals surface area contributed by atoms with Gasteiger partial charge in [0.25, 0.3) is 0 Å². The van der Waals surface area contributed by atoms with Crippen molar-refractivity contribution >= 4 is 22.8 Å². The Bertz CT molecular complexity index is 1800. The molecule has 2 aromatic heterocycles. The summed E-state index contributed by atoms with van der Waals surface area (Å²) in [5, 5.41) is 2.91. The first-order chi connectivity index (χ1) is 22.2. The number of carbonyl (C=O) groups excluding carboxylic acids is 1. The number of imidazole rings is 1. The number of piperidine rings is 1. The number of alkyl carbamates (subject to hydrolysis) is 1. The van der Waals surface area contributed by atoms with Gasteiger partial charge in [-0.1, -0.05) is 60.7 Å². The highest BCUT2D eigenvalue weighted by Gasteiger charge is 2.23. The van der Waals surface area contributed by atoms with Gasteiger partial charge in [0.2, 0.25) is 5.88 Å². The number of fused-ring (bicyclic) bond motifs is 1. The Labute approximate surface area is 269 Å². The number of hydrogen-bond donors (Lipinski definition) is 1. The monoisotopic (exact) mass is 619 g/mol. The fraction of sp³-hybridized carbons (Fsp3) is 0.324. The second kappa shape index (κ2) is 13.1. The lowest BCUT2D eigenvalue weighted by Gasteiger charge is -2.34. The smallest absolute Gasteiger partial charge is 0.407 e. The summed E-state index contributed by atoms with van der Waals surface area (Å²) in [6, 6.07) is 30.0. The van der Waals surface area contributed by atoms with Crippen LogP contribution < -0.4 is 20.6 Å². The van der Waals surface area contributed by atoms with Gasteiger partial charge in [0.15, 0.2) is 6.10 Å². The van der Waals surface area contributed by atoms with E-state index < -0.39 is 5.60 Å². The molecule has 9 nitrogen and oxygen atoms in total. The van der Waals surface area contributed by atoms with Crippen molar-refractivity contribution in [1.29, 1.82) is 0 Å².